The fourth-order valence-corrected chi connectivity index (χ4v) is 1.77. The Morgan fingerprint density at radius 1 is 1.24 bits per heavy atom. The normalized spacial score (nSPS) is 12.5. The Kier molecular flexibility index (Phi) is 6.21. The predicted molar refractivity (Wildman–Crippen MR) is 82.0 cm³/mol. The number of hydrogen-bond acceptors (Lipinski definition) is 2. The lowest BCUT2D eigenvalue weighted by Crippen LogP contribution is -2.42. The van der Waals surface area contributed by atoms with Crippen molar-refractivity contribution in [3.63, 3.8) is 0 Å². The van der Waals surface area contributed by atoms with Gasteiger partial charge < -0.3 is 15.7 Å². The molecule has 0 saturated carbocycles. The average molecular weight is 292 g/mol. The molecule has 0 spiro atoms. The summed E-state index contributed by atoms with van der Waals surface area (Å²) >= 11 is 0. The second kappa shape index (κ2) is 7.67. The van der Waals surface area contributed by atoms with Crippen molar-refractivity contribution in [2.75, 3.05) is 6.54 Å². The van der Waals surface area contributed by atoms with Gasteiger partial charge in [0.15, 0.2) is 0 Å². The van der Waals surface area contributed by atoms with E-state index in [9.17, 15) is 9.59 Å². The number of rotatable bonds is 7. The average Bonchev–Trinajstić information content (AvgIpc) is 2.45. The molecule has 1 rings (SSSR count). The number of aliphatic carboxylic acids is 1. The van der Waals surface area contributed by atoms with Crippen molar-refractivity contribution in [3.05, 3.63) is 35.9 Å². The number of hydrogen-bond donors (Lipinski definition) is 3. The van der Waals surface area contributed by atoms with Gasteiger partial charge in [0.05, 0.1) is 12.5 Å². The van der Waals surface area contributed by atoms with Gasteiger partial charge in [-0.2, -0.15) is 0 Å². The number of nitrogens with one attached hydrogen (secondary N) is 2. The van der Waals surface area contributed by atoms with Crippen LogP contribution < -0.4 is 10.6 Å². The zero-order chi connectivity index (χ0) is 15.9. The number of carbonyl (C=O) groups excluding carboxylic acids is 1. The van der Waals surface area contributed by atoms with Crippen molar-refractivity contribution in [2.24, 2.45) is 5.41 Å². The van der Waals surface area contributed by atoms with E-state index >= 15 is 0 Å². The van der Waals surface area contributed by atoms with Crippen LogP contribution in [0.25, 0.3) is 0 Å². The van der Waals surface area contributed by atoms with E-state index in [0.29, 0.717) is 6.54 Å². The third-order valence-corrected chi connectivity index (χ3v) is 3.57. The van der Waals surface area contributed by atoms with Gasteiger partial charge in [0.1, 0.15) is 0 Å². The standard InChI is InChI=1S/C16H24N2O3/c1-4-16(2,3)11-17-15(21)18-13(10-14(19)20)12-8-6-5-7-9-12/h5-9,13H,4,10-11H2,1-3H3,(H,19,20)(H2,17,18,21). The maximum atomic E-state index is 12.0. The van der Waals surface area contributed by atoms with E-state index in [1.54, 1.807) is 0 Å². The Bertz CT molecular complexity index is 472. The van der Waals surface area contributed by atoms with E-state index in [2.05, 4.69) is 31.4 Å². The topological polar surface area (TPSA) is 78.4 Å². The molecule has 0 aliphatic rings. The van der Waals surface area contributed by atoms with Crippen LogP contribution in [0, 0.1) is 5.41 Å². The molecule has 1 aromatic carbocycles. The van der Waals surface area contributed by atoms with Gasteiger partial charge in [0.2, 0.25) is 0 Å². The zero-order valence-corrected chi connectivity index (χ0v) is 12.8. The van der Waals surface area contributed by atoms with Gasteiger partial charge in [0, 0.05) is 6.54 Å². The largest absolute Gasteiger partial charge is 0.481 e. The van der Waals surface area contributed by atoms with Crippen LogP contribution in [0.4, 0.5) is 4.79 Å². The lowest BCUT2D eigenvalue weighted by atomic mass is 9.90. The molecular formula is C16H24N2O3. The molecule has 0 saturated heterocycles. The van der Waals surface area contributed by atoms with E-state index in [-0.39, 0.29) is 17.9 Å². The molecule has 0 aromatic heterocycles. The first-order valence-electron chi connectivity index (χ1n) is 7.15. The smallest absolute Gasteiger partial charge is 0.315 e. The van der Waals surface area contributed by atoms with Crippen molar-refractivity contribution in [2.45, 2.75) is 39.7 Å². The molecule has 0 aliphatic heterocycles. The molecule has 116 valence electrons. The molecule has 1 unspecified atom stereocenters. The molecule has 5 heteroatoms. The van der Waals surface area contributed by atoms with Gasteiger partial charge in [-0.3, -0.25) is 4.79 Å². The molecule has 0 fully saturated rings. The second-order valence-corrected chi connectivity index (χ2v) is 5.91. The van der Waals surface area contributed by atoms with Gasteiger partial charge in [-0.1, -0.05) is 51.1 Å². The van der Waals surface area contributed by atoms with Gasteiger partial charge in [0.25, 0.3) is 0 Å². The first kappa shape index (κ1) is 17.0. The van der Waals surface area contributed by atoms with E-state index in [4.69, 9.17) is 5.11 Å². The minimum atomic E-state index is -0.946. The Morgan fingerprint density at radius 3 is 2.38 bits per heavy atom. The van der Waals surface area contributed by atoms with Crippen LogP contribution in [0.5, 0.6) is 0 Å². The third kappa shape index (κ3) is 6.29. The maximum Gasteiger partial charge on any atom is 0.315 e. The summed E-state index contributed by atoms with van der Waals surface area (Å²) in [5, 5.41) is 14.5. The number of urea groups is 1. The van der Waals surface area contributed by atoms with E-state index < -0.39 is 12.0 Å². The molecule has 21 heavy (non-hydrogen) atoms. The third-order valence-electron chi connectivity index (χ3n) is 3.57. The van der Waals surface area contributed by atoms with Crippen LogP contribution in [0.15, 0.2) is 30.3 Å². The molecule has 0 heterocycles. The zero-order valence-electron chi connectivity index (χ0n) is 12.8. The van der Waals surface area contributed by atoms with Crippen LogP contribution in [0.3, 0.4) is 0 Å². The Labute approximate surface area is 125 Å². The highest BCUT2D eigenvalue weighted by Crippen LogP contribution is 2.18. The van der Waals surface area contributed by atoms with Gasteiger partial charge >= 0.3 is 12.0 Å². The number of amides is 2. The van der Waals surface area contributed by atoms with Crippen LogP contribution in [0.1, 0.15) is 45.2 Å². The quantitative estimate of drug-likeness (QED) is 0.723. The molecule has 5 nitrogen and oxygen atoms in total. The number of benzene rings is 1. The fraction of sp³-hybridized carbons (Fsp3) is 0.500. The summed E-state index contributed by atoms with van der Waals surface area (Å²) in [5.74, 6) is -0.946. The number of carboxylic acid groups (broad SMARTS) is 1. The van der Waals surface area contributed by atoms with E-state index in [1.807, 2.05) is 30.3 Å². The van der Waals surface area contributed by atoms with Crippen LogP contribution in [-0.4, -0.2) is 23.7 Å². The Morgan fingerprint density at radius 2 is 1.86 bits per heavy atom. The van der Waals surface area contributed by atoms with Crippen molar-refractivity contribution in [1.82, 2.24) is 10.6 Å². The molecule has 2 amide bonds. The highest BCUT2D eigenvalue weighted by Gasteiger charge is 2.20. The van der Waals surface area contributed by atoms with Crippen LogP contribution in [0.2, 0.25) is 0 Å². The van der Waals surface area contributed by atoms with Gasteiger partial charge in [-0.25, -0.2) is 4.79 Å². The first-order valence-corrected chi connectivity index (χ1v) is 7.15. The summed E-state index contributed by atoms with van der Waals surface area (Å²) in [5.41, 5.74) is 0.802. The monoisotopic (exact) mass is 292 g/mol. The SMILES string of the molecule is CCC(C)(C)CNC(=O)NC(CC(=O)O)c1ccccc1. The Balaban J connectivity index is 2.65. The van der Waals surface area contributed by atoms with Crippen molar-refractivity contribution in [1.29, 1.82) is 0 Å². The Hall–Kier alpha value is -2.04. The highest BCUT2D eigenvalue weighted by atomic mass is 16.4. The molecule has 0 radical (unpaired) electrons. The van der Waals surface area contributed by atoms with Crippen LogP contribution in [-0.2, 0) is 4.79 Å². The predicted octanol–water partition coefficient (Wildman–Crippen LogP) is 2.94. The maximum absolute atomic E-state index is 12.0. The minimum Gasteiger partial charge on any atom is -0.481 e. The lowest BCUT2D eigenvalue weighted by molar-refractivity contribution is -0.137. The van der Waals surface area contributed by atoms with Crippen molar-refractivity contribution < 1.29 is 14.7 Å². The molecule has 1 atom stereocenters. The minimum absolute atomic E-state index is 0.0202. The fourth-order valence-electron chi connectivity index (χ4n) is 1.77. The number of carboxylic acids is 1. The lowest BCUT2D eigenvalue weighted by Gasteiger charge is -2.24. The molecule has 0 aliphatic carbocycles. The van der Waals surface area contributed by atoms with Gasteiger partial charge in [-0.15, -0.1) is 0 Å². The molecule has 0 bridgehead atoms. The summed E-state index contributed by atoms with van der Waals surface area (Å²) in [6.45, 7) is 6.75. The second-order valence-electron chi connectivity index (χ2n) is 5.91. The summed E-state index contributed by atoms with van der Waals surface area (Å²) in [6.07, 6.45) is 0.805. The van der Waals surface area contributed by atoms with Crippen LogP contribution >= 0.6 is 0 Å². The number of carbonyl (C=O) groups is 2. The van der Waals surface area contributed by atoms with Crippen molar-refractivity contribution in [3.8, 4) is 0 Å². The first-order chi connectivity index (χ1) is 9.84. The van der Waals surface area contributed by atoms with Crippen molar-refractivity contribution >= 4 is 12.0 Å². The van der Waals surface area contributed by atoms with E-state index in [1.165, 1.54) is 0 Å². The molecule has 1 aromatic rings. The summed E-state index contributed by atoms with van der Waals surface area (Å²) < 4.78 is 0. The van der Waals surface area contributed by atoms with Gasteiger partial charge in [-0.05, 0) is 17.4 Å². The summed E-state index contributed by atoms with van der Waals surface area (Å²) in [6, 6.07) is 8.24. The molecule has 3 N–H and O–H groups in total. The van der Waals surface area contributed by atoms with E-state index in [0.717, 1.165) is 12.0 Å². The summed E-state index contributed by atoms with van der Waals surface area (Å²) in [7, 11) is 0. The molecular weight excluding hydrogens is 268 g/mol. The highest BCUT2D eigenvalue weighted by molar-refractivity contribution is 5.76. The summed E-state index contributed by atoms with van der Waals surface area (Å²) in [4.78, 5) is 22.9.